The van der Waals surface area contributed by atoms with Gasteiger partial charge in [-0.1, -0.05) is 29.8 Å². The second-order valence-corrected chi connectivity index (χ2v) is 9.63. The summed E-state index contributed by atoms with van der Waals surface area (Å²) in [6.07, 6.45) is 4.16. The number of fused-ring (bicyclic) bond motifs is 1. The smallest absolute Gasteiger partial charge is 0.266 e. The lowest BCUT2D eigenvalue weighted by Gasteiger charge is -2.11. The predicted octanol–water partition coefficient (Wildman–Crippen LogP) is 6.40. The highest BCUT2D eigenvalue weighted by molar-refractivity contribution is 8.18. The van der Waals surface area contributed by atoms with Crippen LogP contribution < -0.4 is 0 Å². The molecular formula is C24H24ClN3OS2. The van der Waals surface area contributed by atoms with Crippen LogP contribution in [-0.2, 0) is 11.3 Å². The van der Waals surface area contributed by atoms with Crippen LogP contribution in [0.4, 0.5) is 0 Å². The lowest BCUT2D eigenvalue weighted by molar-refractivity contribution is -0.122. The molecule has 0 atom stereocenters. The summed E-state index contributed by atoms with van der Waals surface area (Å²) in [6.45, 7) is 6.15. The van der Waals surface area contributed by atoms with Crippen molar-refractivity contribution in [1.82, 2.24) is 9.47 Å². The van der Waals surface area contributed by atoms with E-state index in [1.807, 2.05) is 49.9 Å². The number of halogens is 1. The Morgan fingerprint density at radius 3 is 2.65 bits per heavy atom. The minimum atomic E-state index is 0.0369. The first kappa shape index (κ1) is 22.1. The number of hydrogen-bond acceptors (Lipinski definition) is 4. The summed E-state index contributed by atoms with van der Waals surface area (Å²) in [5.41, 5.74) is 2.24. The monoisotopic (exact) mass is 469 g/mol. The minimum Gasteiger partial charge on any atom is -0.346 e. The number of amidine groups is 1. The molecule has 4 rings (SSSR count). The number of aliphatic imine (C=N–C) groups is 1. The Morgan fingerprint density at radius 2 is 1.90 bits per heavy atom. The third kappa shape index (κ3) is 4.86. The van der Waals surface area contributed by atoms with Crippen molar-refractivity contribution in [3.05, 3.63) is 70.2 Å². The number of rotatable bonds is 7. The fraction of sp³-hybridized carbons (Fsp3) is 0.250. The van der Waals surface area contributed by atoms with E-state index in [0.717, 1.165) is 38.3 Å². The van der Waals surface area contributed by atoms with Gasteiger partial charge in [-0.3, -0.25) is 14.7 Å². The zero-order valence-electron chi connectivity index (χ0n) is 17.5. The van der Waals surface area contributed by atoms with Crippen LogP contribution in [0, 0.1) is 0 Å². The number of benzene rings is 2. The maximum atomic E-state index is 12.9. The summed E-state index contributed by atoms with van der Waals surface area (Å²) in [7, 11) is 0. The van der Waals surface area contributed by atoms with Crippen molar-refractivity contribution in [2.24, 2.45) is 4.99 Å². The number of likely N-dealkylation sites (N-methyl/N-ethyl adjacent to an activating group) is 1. The molecular weight excluding hydrogens is 446 g/mol. The maximum absolute atomic E-state index is 12.9. The lowest BCUT2D eigenvalue weighted by atomic mass is 10.1. The standard InChI is InChI=1S/C24H24ClN3OS2/c1-3-26-24-28(4-2)23(29)22(31-24)15-17-16-27(21-8-6-5-7-20(17)21)13-14-30-19-11-9-18(25)10-12-19/h5-12,15-16H,3-4,13-14H2,1-2H3/b22-15-,26-24?. The molecule has 0 spiro atoms. The SMILES string of the molecule is CCN=C1S/C(=C\c2cn(CCSc3ccc(Cl)cc3)c3ccccc23)C(=O)N1CC. The summed E-state index contributed by atoms with van der Waals surface area (Å²) < 4.78 is 2.27. The van der Waals surface area contributed by atoms with Gasteiger partial charge in [0, 0.05) is 58.0 Å². The average Bonchev–Trinajstić information content (AvgIpc) is 3.27. The summed E-state index contributed by atoms with van der Waals surface area (Å²) in [5.74, 6) is 0.982. The van der Waals surface area contributed by atoms with E-state index in [2.05, 4.69) is 46.1 Å². The molecule has 1 saturated heterocycles. The molecule has 1 aromatic heterocycles. The van der Waals surface area contributed by atoms with E-state index in [1.165, 1.54) is 22.2 Å². The predicted molar refractivity (Wildman–Crippen MR) is 135 cm³/mol. The number of carbonyl (C=O) groups excluding carboxylic acids is 1. The van der Waals surface area contributed by atoms with E-state index in [9.17, 15) is 4.79 Å². The molecule has 1 aliphatic rings. The van der Waals surface area contributed by atoms with E-state index in [4.69, 9.17) is 11.6 Å². The van der Waals surface area contributed by atoms with Gasteiger partial charge in [-0.25, -0.2) is 0 Å². The van der Waals surface area contributed by atoms with Gasteiger partial charge < -0.3 is 4.57 Å². The molecule has 7 heteroatoms. The highest BCUT2D eigenvalue weighted by Gasteiger charge is 2.32. The number of aromatic nitrogens is 1. The Balaban J connectivity index is 1.58. The van der Waals surface area contributed by atoms with Crippen LogP contribution in [0.5, 0.6) is 0 Å². The zero-order valence-corrected chi connectivity index (χ0v) is 19.9. The van der Waals surface area contributed by atoms with Gasteiger partial charge in [-0.05, 0) is 62.0 Å². The Morgan fingerprint density at radius 1 is 1.13 bits per heavy atom. The number of nitrogens with zero attached hydrogens (tertiary/aromatic N) is 3. The molecule has 1 fully saturated rings. The van der Waals surface area contributed by atoms with E-state index < -0.39 is 0 Å². The first-order valence-corrected chi connectivity index (χ1v) is 12.5. The van der Waals surface area contributed by atoms with Crippen molar-refractivity contribution < 1.29 is 4.79 Å². The molecule has 2 aromatic carbocycles. The van der Waals surface area contributed by atoms with Gasteiger partial charge in [0.05, 0.1) is 4.91 Å². The van der Waals surface area contributed by atoms with Gasteiger partial charge >= 0.3 is 0 Å². The average molecular weight is 470 g/mol. The molecule has 0 radical (unpaired) electrons. The maximum Gasteiger partial charge on any atom is 0.266 e. The van der Waals surface area contributed by atoms with E-state index in [0.29, 0.717) is 13.1 Å². The van der Waals surface area contributed by atoms with Gasteiger partial charge in [0.2, 0.25) is 0 Å². The third-order valence-electron chi connectivity index (χ3n) is 5.02. The fourth-order valence-corrected chi connectivity index (χ4v) is 5.62. The van der Waals surface area contributed by atoms with E-state index in [1.54, 1.807) is 4.90 Å². The van der Waals surface area contributed by atoms with Crippen LogP contribution in [0.15, 0.2) is 69.5 Å². The van der Waals surface area contributed by atoms with Crippen molar-refractivity contribution >= 4 is 63.2 Å². The molecule has 31 heavy (non-hydrogen) atoms. The normalized spacial score (nSPS) is 16.9. The number of aryl methyl sites for hydroxylation is 1. The lowest BCUT2D eigenvalue weighted by Crippen LogP contribution is -2.28. The number of para-hydroxylation sites is 1. The van der Waals surface area contributed by atoms with Crippen LogP contribution in [-0.4, -0.2) is 39.4 Å². The summed E-state index contributed by atoms with van der Waals surface area (Å²) in [4.78, 5) is 21.0. The largest absolute Gasteiger partial charge is 0.346 e. The number of carbonyl (C=O) groups is 1. The van der Waals surface area contributed by atoms with Gasteiger partial charge in [0.25, 0.3) is 5.91 Å². The molecule has 4 nitrogen and oxygen atoms in total. The Bertz CT molecular complexity index is 1150. The molecule has 0 bridgehead atoms. The molecule has 0 aliphatic carbocycles. The molecule has 0 saturated carbocycles. The van der Waals surface area contributed by atoms with Crippen LogP contribution >= 0.6 is 35.1 Å². The quantitative estimate of drug-likeness (QED) is 0.297. The van der Waals surface area contributed by atoms with Crippen LogP contribution in [0.1, 0.15) is 19.4 Å². The van der Waals surface area contributed by atoms with E-state index >= 15 is 0 Å². The number of hydrogen-bond donors (Lipinski definition) is 0. The molecule has 0 N–H and O–H groups in total. The van der Waals surface area contributed by atoms with Crippen molar-refractivity contribution in [3.8, 4) is 0 Å². The molecule has 2 heterocycles. The fourth-order valence-electron chi connectivity index (χ4n) is 3.55. The van der Waals surface area contributed by atoms with Crippen molar-refractivity contribution in [2.75, 3.05) is 18.8 Å². The minimum absolute atomic E-state index is 0.0369. The Hall–Kier alpha value is -2.15. The van der Waals surface area contributed by atoms with Gasteiger partial charge in [-0.15, -0.1) is 11.8 Å². The first-order valence-electron chi connectivity index (χ1n) is 10.3. The topological polar surface area (TPSA) is 37.6 Å². The number of amides is 1. The van der Waals surface area contributed by atoms with E-state index in [-0.39, 0.29) is 5.91 Å². The Labute approximate surface area is 196 Å². The zero-order chi connectivity index (χ0) is 21.8. The highest BCUT2D eigenvalue weighted by Crippen LogP contribution is 2.34. The Kier molecular flexibility index (Phi) is 7.10. The second kappa shape index (κ2) is 9.98. The number of thioether (sulfide) groups is 2. The molecule has 160 valence electrons. The molecule has 3 aromatic rings. The summed E-state index contributed by atoms with van der Waals surface area (Å²) >= 11 is 9.26. The van der Waals surface area contributed by atoms with Crippen LogP contribution in [0.3, 0.4) is 0 Å². The van der Waals surface area contributed by atoms with Crippen LogP contribution in [0.25, 0.3) is 17.0 Å². The van der Waals surface area contributed by atoms with Crippen molar-refractivity contribution in [1.29, 1.82) is 0 Å². The van der Waals surface area contributed by atoms with Crippen LogP contribution in [0.2, 0.25) is 5.02 Å². The third-order valence-corrected chi connectivity index (χ3v) is 7.31. The second-order valence-electron chi connectivity index (χ2n) is 7.01. The van der Waals surface area contributed by atoms with Gasteiger partial charge in [0.1, 0.15) is 0 Å². The van der Waals surface area contributed by atoms with Gasteiger partial charge in [0.15, 0.2) is 5.17 Å². The van der Waals surface area contributed by atoms with Crippen molar-refractivity contribution in [3.63, 3.8) is 0 Å². The molecule has 1 amide bonds. The first-order chi connectivity index (χ1) is 15.1. The van der Waals surface area contributed by atoms with Gasteiger partial charge in [-0.2, -0.15) is 0 Å². The summed E-state index contributed by atoms with van der Waals surface area (Å²) in [5, 5.41) is 2.71. The molecule has 0 unspecified atom stereocenters. The highest BCUT2D eigenvalue weighted by atomic mass is 35.5. The molecule has 1 aliphatic heterocycles. The van der Waals surface area contributed by atoms with Crippen molar-refractivity contribution in [2.45, 2.75) is 25.3 Å². The summed E-state index contributed by atoms with van der Waals surface area (Å²) in [6, 6.07) is 16.3.